The standard InChI is InChI=1S/C27H26N2O3/c1-3-18-9-11-19(12-10-18)27(30)29-15-5-8-24(29)26-28-23-17-21(13-14-25(23)32-26)20-6-4-7-22(16-20)31-2/h4,6-7,9-14,16-17,24H,3,5,8,15H2,1-2H3. The summed E-state index contributed by atoms with van der Waals surface area (Å²) in [7, 11) is 1.67. The summed E-state index contributed by atoms with van der Waals surface area (Å²) >= 11 is 0. The summed E-state index contributed by atoms with van der Waals surface area (Å²) in [5, 5.41) is 0. The molecule has 1 aliphatic rings. The van der Waals surface area contributed by atoms with Crippen molar-refractivity contribution in [1.82, 2.24) is 9.88 Å². The van der Waals surface area contributed by atoms with Gasteiger partial charge in [0.25, 0.3) is 5.91 Å². The average molecular weight is 427 g/mol. The van der Waals surface area contributed by atoms with Crippen LogP contribution in [0.2, 0.25) is 0 Å². The van der Waals surface area contributed by atoms with Crippen LogP contribution < -0.4 is 4.74 Å². The predicted octanol–water partition coefficient (Wildman–Crippen LogP) is 6.04. The molecule has 2 heterocycles. The number of carbonyl (C=O) groups excluding carboxylic acids is 1. The van der Waals surface area contributed by atoms with E-state index in [1.165, 1.54) is 5.56 Å². The van der Waals surface area contributed by atoms with E-state index in [1.54, 1.807) is 7.11 Å². The van der Waals surface area contributed by atoms with Crippen molar-refractivity contribution in [2.45, 2.75) is 32.2 Å². The van der Waals surface area contributed by atoms with E-state index in [9.17, 15) is 4.79 Å². The molecular formula is C27H26N2O3. The third kappa shape index (κ3) is 3.75. The molecule has 1 saturated heterocycles. The molecule has 5 nitrogen and oxygen atoms in total. The van der Waals surface area contributed by atoms with E-state index in [4.69, 9.17) is 14.1 Å². The second-order valence-electron chi connectivity index (χ2n) is 8.17. The summed E-state index contributed by atoms with van der Waals surface area (Å²) in [5.74, 6) is 1.46. The number of likely N-dealkylation sites (tertiary alicyclic amines) is 1. The lowest BCUT2D eigenvalue weighted by Gasteiger charge is -2.22. The first-order chi connectivity index (χ1) is 15.7. The number of aryl methyl sites for hydroxylation is 1. The van der Waals surface area contributed by atoms with E-state index in [1.807, 2.05) is 71.6 Å². The van der Waals surface area contributed by atoms with E-state index in [-0.39, 0.29) is 11.9 Å². The zero-order valence-corrected chi connectivity index (χ0v) is 18.4. The van der Waals surface area contributed by atoms with Crippen molar-refractivity contribution in [3.05, 3.63) is 83.7 Å². The van der Waals surface area contributed by atoms with Crippen LogP contribution in [0, 0.1) is 0 Å². The Bertz CT molecular complexity index is 1260. The fourth-order valence-corrected chi connectivity index (χ4v) is 4.39. The number of hydrogen-bond donors (Lipinski definition) is 0. The molecule has 4 aromatic rings. The van der Waals surface area contributed by atoms with Gasteiger partial charge in [0.15, 0.2) is 5.58 Å². The molecule has 1 atom stereocenters. The number of carbonyl (C=O) groups is 1. The normalized spacial score (nSPS) is 15.9. The van der Waals surface area contributed by atoms with Gasteiger partial charge in [-0.15, -0.1) is 0 Å². The molecule has 0 saturated carbocycles. The van der Waals surface area contributed by atoms with Crippen molar-refractivity contribution in [3.63, 3.8) is 0 Å². The first kappa shape index (κ1) is 20.3. The number of nitrogens with zero attached hydrogens (tertiary/aromatic N) is 2. The lowest BCUT2D eigenvalue weighted by Crippen LogP contribution is -2.30. The highest BCUT2D eigenvalue weighted by Gasteiger charge is 2.34. The molecule has 3 aromatic carbocycles. The Kier molecular flexibility index (Phi) is 5.39. The molecule has 1 fully saturated rings. The second-order valence-corrected chi connectivity index (χ2v) is 8.17. The number of methoxy groups -OCH3 is 1. The van der Waals surface area contributed by atoms with Crippen LogP contribution in [0.15, 0.2) is 71.1 Å². The van der Waals surface area contributed by atoms with Crippen molar-refractivity contribution in [3.8, 4) is 16.9 Å². The number of amides is 1. The van der Waals surface area contributed by atoms with Crippen molar-refractivity contribution >= 4 is 17.0 Å². The maximum Gasteiger partial charge on any atom is 0.254 e. The minimum absolute atomic E-state index is 0.0366. The number of oxazole rings is 1. The number of ether oxygens (including phenoxy) is 1. The third-order valence-electron chi connectivity index (χ3n) is 6.22. The van der Waals surface area contributed by atoms with Gasteiger partial charge in [-0.2, -0.15) is 0 Å². The minimum atomic E-state index is -0.138. The summed E-state index contributed by atoms with van der Waals surface area (Å²) in [6, 6.07) is 21.7. The van der Waals surface area contributed by atoms with Crippen LogP contribution in [-0.2, 0) is 6.42 Å². The number of benzene rings is 3. The van der Waals surface area contributed by atoms with Gasteiger partial charge in [0.1, 0.15) is 17.3 Å². The monoisotopic (exact) mass is 426 g/mol. The van der Waals surface area contributed by atoms with Gasteiger partial charge in [-0.1, -0.05) is 37.3 Å². The summed E-state index contributed by atoms with van der Waals surface area (Å²) in [6.45, 7) is 2.83. The molecule has 0 radical (unpaired) electrons. The lowest BCUT2D eigenvalue weighted by atomic mass is 10.1. The molecule has 0 spiro atoms. The highest BCUT2D eigenvalue weighted by atomic mass is 16.5. The first-order valence-electron chi connectivity index (χ1n) is 11.1. The number of hydrogen-bond acceptors (Lipinski definition) is 4. The minimum Gasteiger partial charge on any atom is -0.497 e. The Morgan fingerprint density at radius 1 is 1.09 bits per heavy atom. The highest BCUT2D eigenvalue weighted by molar-refractivity contribution is 5.94. The third-order valence-corrected chi connectivity index (χ3v) is 6.22. The summed E-state index contributed by atoms with van der Waals surface area (Å²) < 4.78 is 11.5. The molecule has 1 aromatic heterocycles. The Labute approximate surface area is 187 Å². The Morgan fingerprint density at radius 3 is 2.69 bits per heavy atom. The Hall–Kier alpha value is -3.60. The van der Waals surface area contributed by atoms with Crippen LogP contribution in [0.5, 0.6) is 5.75 Å². The topological polar surface area (TPSA) is 55.6 Å². The molecule has 5 heteroatoms. The molecule has 1 unspecified atom stereocenters. The molecule has 32 heavy (non-hydrogen) atoms. The van der Waals surface area contributed by atoms with Crippen molar-refractivity contribution in [2.24, 2.45) is 0 Å². The van der Waals surface area contributed by atoms with Gasteiger partial charge >= 0.3 is 0 Å². The van der Waals surface area contributed by atoms with E-state index < -0.39 is 0 Å². The van der Waals surface area contributed by atoms with Gasteiger partial charge in [-0.3, -0.25) is 4.79 Å². The zero-order chi connectivity index (χ0) is 22.1. The van der Waals surface area contributed by atoms with Crippen LogP contribution in [0.1, 0.15) is 47.6 Å². The van der Waals surface area contributed by atoms with Crippen molar-refractivity contribution in [1.29, 1.82) is 0 Å². The Balaban J connectivity index is 1.43. The quantitative estimate of drug-likeness (QED) is 0.390. The average Bonchev–Trinajstić information content (AvgIpc) is 3.50. The van der Waals surface area contributed by atoms with Gasteiger partial charge in [0.05, 0.1) is 7.11 Å². The fraction of sp³-hybridized carbons (Fsp3) is 0.259. The lowest BCUT2D eigenvalue weighted by molar-refractivity contribution is 0.0717. The predicted molar refractivity (Wildman–Crippen MR) is 125 cm³/mol. The van der Waals surface area contributed by atoms with Gasteiger partial charge < -0.3 is 14.1 Å². The van der Waals surface area contributed by atoms with E-state index in [0.717, 1.165) is 47.2 Å². The molecule has 0 bridgehead atoms. The number of aromatic nitrogens is 1. The van der Waals surface area contributed by atoms with Crippen LogP contribution >= 0.6 is 0 Å². The van der Waals surface area contributed by atoms with Gasteiger partial charge in [-0.05, 0) is 72.4 Å². The highest BCUT2D eigenvalue weighted by Crippen LogP contribution is 2.35. The van der Waals surface area contributed by atoms with Crippen molar-refractivity contribution in [2.75, 3.05) is 13.7 Å². The van der Waals surface area contributed by atoms with Crippen LogP contribution in [-0.4, -0.2) is 29.4 Å². The fourth-order valence-electron chi connectivity index (χ4n) is 4.39. The van der Waals surface area contributed by atoms with E-state index in [0.29, 0.717) is 18.0 Å². The van der Waals surface area contributed by atoms with E-state index >= 15 is 0 Å². The summed E-state index contributed by atoms with van der Waals surface area (Å²) in [5.41, 5.74) is 5.58. The maximum atomic E-state index is 13.2. The molecule has 5 rings (SSSR count). The Morgan fingerprint density at radius 2 is 1.91 bits per heavy atom. The van der Waals surface area contributed by atoms with Gasteiger partial charge in [0.2, 0.25) is 5.89 Å². The zero-order valence-electron chi connectivity index (χ0n) is 18.4. The number of fused-ring (bicyclic) bond motifs is 1. The maximum absolute atomic E-state index is 13.2. The SMILES string of the molecule is CCc1ccc(C(=O)N2CCCC2c2nc3cc(-c4cccc(OC)c4)ccc3o2)cc1. The van der Waals surface area contributed by atoms with Crippen LogP contribution in [0.3, 0.4) is 0 Å². The molecule has 162 valence electrons. The van der Waals surface area contributed by atoms with Gasteiger partial charge in [-0.25, -0.2) is 4.98 Å². The molecule has 0 N–H and O–H groups in total. The van der Waals surface area contributed by atoms with Crippen LogP contribution in [0.4, 0.5) is 0 Å². The smallest absolute Gasteiger partial charge is 0.254 e. The van der Waals surface area contributed by atoms with E-state index in [2.05, 4.69) is 6.92 Å². The molecule has 1 amide bonds. The summed E-state index contributed by atoms with van der Waals surface area (Å²) in [6.07, 6.45) is 2.76. The second kappa shape index (κ2) is 8.50. The first-order valence-corrected chi connectivity index (χ1v) is 11.1. The molecule has 1 aliphatic heterocycles. The van der Waals surface area contributed by atoms with Crippen LogP contribution in [0.25, 0.3) is 22.2 Å². The largest absolute Gasteiger partial charge is 0.497 e. The molecule has 0 aliphatic carbocycles. The number of rotatable bonds is 5. The van der Waals surface area contributed by atoms with Crippen molar-refractivity contribution < 1.29 is 13.9 Å². The van der Waals surface area contributed by atoms with Gasteiger partial charge in [0, 0.05) is 12.1 Å². The summed E-state index contributed by atoms with van der Waals surface area (Å²) in [4.78, 5) is 19.9. The molecular weight excluding hydrogens is 400 g/mol.